The first kappa shape index (κ1) is 11.9. The van der Waals surface area contributed by atoms with Gasteiger partial charge in [0.2, 0.25) is 0 Å². The molecule has 1 nitrogen and oxygen atoms in total. The van der Waals surface area contributed by atoms with Crippen LogP contribution in [-0.2, 0) is 0 Å². The van der Waals surface area contributed by atoms with Crippen LogP contribution in [0.1, 0.15) is 13.8 Å². The van der Waals surface area contributed by atoms with Gasteiger partial charge in [-0.25, -0.2) is 0 Å². The van der Waals surface area contributed by atoms with E-state index in [1.807, 2.05) is 6.08 Å². The van der Waals surface area contributed by atoms with Gasteiger partial charge in [-0.3, -0.25) is 0 Å². The van der Waals surface area contributed by atoms with Crippen molar-refractivity contribution in [1.29, 1.82) is 0 Å². The first-order valence-electron chi connectivity index (χ1n) is 4.61. The summed E-state index contributed by atoms with van der Waals surface area (Å²) in [6.07, 6.45) is 1.71. The zero-order valence-electron chi connectivity index (χ0n) is 8.96. The van der Waals surface area contributed by atoms with Gasteiger partial charge in [-0.15, -0.1) is 6.58 Å². The maximum atomic E-state index is 9.89. The Morgan fingerprint density at radius 2 is 1.67 bits per heavy atom. The number of aliphatic hydroxyl groups is 1. The third-order valence-corrected chi connectivity index (χ3v) is 4.88. The molecule has 0 bridgehead atoms. The number of aliphatic hydroxyl groups excluding tert-OH is 1. The number of rotatable bonds is 4. The Balaban J connectivity index is 4.45. The van der Waals surface area contributed by atoms with Crippen LogP contribution in [0.15, 0.2) is 12.7 Å². The van der Waals surface area contributed by atoms with Crippen molar-refractivity contribution in [3.05, 3.63) is 12.7 Å². The molecule has 0 radical (unpaired) electrons. The maximum Gasteiger partial charge on any atom is 0.0601 e. The highest BCUT2D eigenvalue weighted by atomic mass is 28.3. The summed E-state index contributed by atoms with van der Waals surface area (Å²) in [5, 5.41) is 9.89. The molecule has 0 aromatic carbocycles. The molecule has 2 atom stereocenters. The monoisotopic (exact) mass is 186 g/mol. The van der Waals surface area contributed by atoms with Gasteiger partial charge in [0, 0.05) is 0 Å². The molecule has 0 heterocycles. The summed E-state index contributed by atoms with van der Waals surface area (Å²) in [7, 11) is -1.28. The third-order valence-electron chi connectivity index (χ3n) is 2.30. The minimum atomic E-state index is -1.28. The summed E-state index contributed by atoms with van der Waals surface area (Å²) in [6, 6.07) is 0. The van der Waals surface area contributed by atoms with E-state index in [2.05, 4.69) is 40.1 Å². The molecule has 0 saturated heterocycles. The van der Waals surface area contributed by atoms with Crippen LogP contribution in [0.4, 0.5) is 0 Å². The largest absolute Gasteiger partial charge is 0.393 e. The van der Waals surface area contributed by atoms with E-state index in [-0.39, 0.29) is 6.10 Å². The van der Waals surface area contributed by atoms with E-state index in [4.69, 9.17) is 0 Å². The van der Waals surface area contributed by atoms with E-state index >= 15 is 0 Å². The van der Waals surface area contributed by atoms with Gasteiger partial charge < -0.3 is 5.11 Å². The molecule has 0 aliphatic rings. The average molecular weight is 186 g/mol. The van der Waals surface area contributed by atoms with Gasteiger partial charge in [0.15, 0.2) is 0 Å². The lowest BCUT2D eigenvalue weighted by molar-refractivity contribution is 0.126. The summed E-state index contributed by atoms with van der Waals surface area (Å²) in [5.74, 6) is 0.333. The summed E-state index contributed by atoms with van der Waals surface area (Å²) in [6.45, 7) is 14.7. The second-order valence-corrected chi connectivity index (χ2v) is 10.3. The van der Waals surface area contributed by atoms with Gasteiger partial charge in [-0.2, -0.15) is 0 Å². The smallest absolute Gasteiger partial charge is 0.0601 e. The Morgan fingerprint density at radius 1 is 1.25 bits per heavy atom. The second-order valence-electron chi connectivity index (χ2n) is 4.86. The number of hydrogen-bond donors (Lipinski definition) is 1. The molecule has 0 amide bonds. The highest BCUT2D eigenvalue weighted by Gasteiger charge is 2.31. The van der Waals surface area contributed by atoms with Crippen molar-refractivity contribution in [2.45, 2.75) is 45.1 Å². The molecule has 0 spiro atoms. The molecule has 72 valence electrons. The molecule has 2 unspecified atom stereocenters. The van der Waals surface area contributed by atoms with Crippen molar-refractivity contribution in [3.63, 3.8) is 0 Å². The molecule has 1 N–H and O–H groups in total. The van der Waals surface area contributed by atoms with Crippen LogP contribution < -0.4 is 0 Å². The molecular weight excluding hydrogens is 164 g/mol. The zero-order valence-corrected chi connectivity index (χ0v) is 9.96. The maximum absolute atomic E-state index is 9.89. The average Bonchev–Trinajstić information content (AvgIpc) is 1.85. The molecule has 0 rings (SSSR count). The lowest BCUT2D eigenvalue weighted by atomic mass is 10.0. The lowest BCUT2D eigenvalue weighted by Crippen LogP contribution is -2.37. The Labute approximate surface area is 77.5 Å². The van der Waals surface area contributed by atoms with E-state index in [0.29, 0.717) is 11.5 Å². The third kappa shape index (κ3) is 3.11. The van der Waals surface area contributed by atoms with Crippen LogP contribution in [0, 0.1) is 5.92 Å². The fourth-order valence-corrected chi connectivity index (χ4v) is 3.54. The van der Waals surface area contributed by atoms with Crippen LogP contribution >= 0.6 is 0 Å². The summed E-state index contributed by atoms with van der Waals surface area (Å²) in [5.41, 5.74) is 0.317. The molecule has 0 aromatic rings. The van der Waals surface area contributed by atoms with E-state index in [1.165, 1.54) is 0 Å². The summed E-state index contributed by atoms with van der Waals surface area (Å²) >= 11 is 0. The van der Waals surface area contributed by atoms with Gasteiger partial charge in [0.25, 0.3) is 0 Å². The number of hydrogen-bond acceptors (Lipinski definition) is 1. The second kappa shape index (κ2) is 4.24. The zero-order chi connectivity index (χ0) is 9.94. The van der Waals surface area contributed by atoms with Gasteiger partial charge in [-0.05, 0) is 11.5 Å². The van der Waals surface area contributed by atoms with Crippen molar-refractivity contribution in [2.24, 2.45) is 5.92 Å². The highest BCUT2D eigenvalue weighted by Crippen LogP contribution is 2.30. The summed E-state index contributed by atoms with van der Waals surface area (Å²) in [4.78, 5) is 0. The van der Waals surface area contributed by atoms with Gasteiger partial charge in [-0.1, -0.05) is 39.6 Å². The fraction of sp³-hybridized carbons (Fsp3) is 0.800. The van der Waals surface area contributed by atoms with Gasteiger partial charge in [0.05, 0.1) is 14.2 Å². The van der Waals surface area contributed by atoms with Gasteiger partial charge in [0.1, 0.15) is 0 Å². The minimum absolute atomic E-state index is 0.214. The molecule has 0 aromatic heterocycles. The van der Waals surface area contributed by atoms with Crippen molar-refractivity contribution >= 4 is 8.07 Å². The molecule has 12 heavy (non-hydrogen) atoms. The van der Waals surface area contributed by atoms with E-state index < -0.39 is 8.07 Å². The van der Waals surface area contributed by atoms with Crippen molar-refractivity contribution in [1.82, 2.24) is 0 Å². The highest BCUT2D eigenvalue weighted by molar-refractivity contribution is 6.78. The molecular formula is C10H22OSi. The van der Waals surface area contributed by atoms with Crippen molar-refractivity contribution in [2.75, 3.05) is 0 Å². The molecule has 0 aliphatic carbocycles. The van der Waals surface area contributed by atoms with Crippen LogP contribution in [0.2, 0.25) is 25.2 Å². The van der Waals surface area contributed by atoms with E-state index in [1.54, 1.807) is 0 Å². The van der Waals surface area contributed by atoms with Crippen LogP contribution in [0.5, 0.6) is 0 Å². The van der Waals surface area contributed by atoms with E-state index in [9.17, 15) is 5.11 Å². The Hall–Kier alpha value is -0.0831. The minimum Gasteiger partial charge on any atom is -0.393 e. The Morgan fingerprint density at radius 3 is 1.75 bits per heavy atom. The van der Waals surface area contributed by atoms with Crippen molar-refractivity contribution in [3.8, 4) is 0 Å². The van der Waals surface area contributed by atoms with Crippen LogP contribution in [0.25, 0.3) is 0 Å². The summed E-state index contributed by atoms with van der Waals surface area (Å²) < 4.78 is 0. The first-order chi connectivity index (χ1) is 5.30. The quantitative estimate of drug-likeness (QED) is 0.529. The topological polar surface area (TPSA) is 20.2 Å². The lowest BCUT2D eigenvalue weighted by Gasteiger charge is -2.32. The van der Waals surface area contributed by atoms with Gasteiger partial charge >= 0.3 is 0 Å². The SMILES string of the molecule is C=CC(C(O)C(C)C)[Si](C)(C)C. The predicted octanol–water partition coefficient (Wildman–Crippen LogP) is 2.90. The first-order valence-corrected chi connectivity index (χ1v) is 8.19. The standard InChI is InChI=1S/C10H22OSi/c1-7-9(12(4,5)6)10(11)8(2)3/h7-11H,1H2,2-6H3. The normalized spacial score (nSPS) is 17.6. The predicted molar refractivity (Wildman–Crippen MR) is 58.1 cm³/mol. The molecule has 0 saturated carbocycles. The molecule has 0 aliphatic heterocycles. The van der Waals surface area contributed by atoms with Crippen LogP contribution in [0.3, 0.4) is 0 Å². The molecule has 2 heteroatoms. The fourth-order valence-electron chi connectivity index (χ4n) is 1.42. The Bertz CT molecular complexity index is 146. The Kier molecular flexibility index (Phi) is 4.21. The van der Waals surface area contributed by atoms with Crippen molar-refractivity contribution < 1.29 is 5.11 Å². The van der Waals surface area contributed by atoms with Crippen LogP contribution in [-0.4, -0.2) is 19.3 Å². The molecule has 0 fully saturated rings. The van der Waals surface area contributed by atoms with E-state index in [0.717, 1.165) is 0 Å².